The van der Waals surface area contributed by atoms with Crippen LogP contribution in [0.4, 0.5) is 5.69 Å². The molecule has 3 aromatic rings. The SMILES string of the molecule is CCCCCC[n+]1ccc(CCc2ccccc2NNC(=O)C(=O)NCCSc2cc(O)ccc2O)cc1.[I-]. The highest BCUT2D eigenvalue weighted by molar-refractivity contribution is 7.99. The van der Waals surface area contributed by atoms with Crippen LogP contribution in [0.3, 0.4) is 0 Å². The molecule has 0 unspecified atom stereocenters. The highest BCUT2D eigenvalue weighted by Gasteiger charge is 2.13. The number of aromatic hydroxyl groups is 2. The number of unbranched alkanes of at least 4 members (excludes halogenated alkanes) is 3. The van der Waals surface area contributed by atoms with Crippen LogP contribution in [0.25, 0.3) is 0 Å². The molecule has 10 heteroatoms. The number of pyridine rings is 1. The lowest BCUT2D eigenvalue weighted by Crippen LogP contribution is -3.00. The van der Waals surface area contributed by atoms with Crippen molar-refractivity contribution in [2.45, 2.75) is 56.9 Å². The summed E-state index contributed by atoms with van der Waals surface area (Å²) in [6.07, 6.45) is 10.9. The molecule has 210 valence electrons. The van der Waals surface area contributed by atoms with Gasteiger partial charge in [0.2, 0.25) is 0 Å². The van der Waals surface area contributed by atoms with Gasteiger partial charge in [0.1, 0.15) is 18.0 Å². The fourth-order valence-electron chi connectivity index (χ4n) is 3.87. The zero-order valence-electron chi connectivity index (χ0n) is 22.2. The third-order valence-corrected chi connectivity index (χ3v) is 7.08. The van der Waals surface area contributed by atoms with Crippen molar-refractivity contribution in [2.75, 3.05) is 17.7 Å². The van der Waals surface area contributed by atoms with Crippen molar-refractivity contribution in [3.63, 3.8) is 0 Å². The summed E-state index contributed by atoms with van der Waals surface area (Å²) in [5.41, 5.74) is 8.35. The largest absolute Gasteiger partial charge is 1.00 e. The lowest BCUT2D eigenvalue weighted by Gasteiger charge is -2.13. The van der Waals surface area contributed by atoms with E-state index in [0.29, 0.717) is 10.6 Å². The molecule has 0 aliphatic carbocycles. The van der Waals surface area contributed by atoms with E-state index < -0.39 is 11.8 Å². The minimum Gasteiger partial charge on any atom is -1.00 e. The molecule has 0 aliphatic heterocycles. The number of carbonyl (C=O) groups is 2. The maximum absolute atomic E-state index is 12.2. The number of hydrazine groups is 1. The summed E-state index contributed by atoms with van der Waals surface area (Å²) >= 11 is 1.26. The quantitative estimate of drug-likeness (QED) is 0.0336. The smallest absolute Gasteiger partial charge is 0.327 e. The number of hydrogen-bond acceptors (Lipinski definition) is 6. The average Bonchev–Trinajstić information content (AvgIpc) is 2.93. The molecule has 0 aliphatic rings. The zero-order valence-corrected chi connectivity index (χ0v) is 25.1. The van der Waals surface area contributed by atoms with Crippen LogP contribution in [0, 0.1) is 0 Å². The van der Waals surface area contributed by atoms with Gasteiger partial charge in [-0.3, -0.25) is 20.4 Å². The van der Waals surface area contributed by atoms with Crippen molar-refractivity contribution in [3.05, 3.63) is 78.1 Å². The number of carbonyl (C=O) groups excluding carboxylic acids is 2. The first-order valence-corrected chi connectivity index (χ1v) is 14.0. The number of amides is 2. The molecule has 0 atom stereocenters. The molecule has 39 heavy (non-hydrogen) atoms. The minimum absolute atomic E-state index is 0. The molecule has 0 saturated carbocycles. The van der Waals surface area contributed by atoms with Crippen molar-refractivity contribution in [1.82, 2.24) is 10.7 Å². The molecule has 0 fully saturated rings. The summed E-state index contributed by atoms with van der Waals surface area (Å²) in [5, 5.41) is 21.9. The molecule has 0 saturated heterocycles. The molecule has 8 nitrogen and oxygen atoms in total. The summed E-state index contributed by atoms with van der Waals surface area (Å²) in [5.74, 6) is -1.04. The number of para-hydroxylation sites is 1. The van der Waals surface area contributed by atoms with Gasteiger partial charge in [0.25, 0.3) is 0 Å². The second kappa shape index (κ2) is 17.6. The van der Waals surface area contributed by atoms with Gasteiger partial charge in [0, 0.05) is 30.9 Å². The number of aromatic nitrogens is 1. The van der Waals surface area contributed by atoms with Crippen LogP contribution in [0.2, 0.25) is 0 Å². The molecule has 0 bridgehead atoms. The molecule has 3 rings (SSSR count). The number of hydrogen-bond donors (Lipinski definition) is 5. The molecule has 1 heterocycles. The van der Waals surface area contributed by atoms with E-state index in [2.05, 4.69) is 52.2 Å². The highest BCUT2D eigenvalue weighted by atomic mass is 127. The molecular weight excluding hydrogens is 627 g/mol. The first-order valence-electron chi connectivity index (χ1n) is 13.0. The van der Waals surface area contributed by atoms with E-state index in [4.69, 9.17) is 0 Å². The van der Waals surface area contributed by atoms with Crippen LogP contribution in [-0.2, 0) is 29.0 Å². The van der Waals surface area contributed by atoms with E-state index in [1.54, 1.807) is 0 Å². The van der Waals surface area contributed by atoms with Crippen molar-refractivity contribution in [2.24, 2.45) is 0 Å². The van der Waals surface area contributed by atoms with Crippen LogP contribution in [-0.4, -0.2) is 34.3 Å². The third kappa shape index (κ3) is 11.3. The van der Waals surface area contributed by atoms with E-state index in [1.807, 2.05) is 24.3 Å². The molecule has 0 spiro atoms. The van der Waals surface area contributed by atoms with E-state index in [0.717, 1.165) is 30.6 Å². The second-order valence-electron chi connectivity index (χ2n) is 9.00. The van der Waals surface area contributed by atoms with Gasteiger partial charge in [0.15, 0.2) is 12.4 Å². The Morgan fingerprint density at radius 2 is 1.69 bits per heavy atom. The Morgan fingerprint density at radius 3 is 2.46 bits per heavy atom. The van der Waals surface area contributed by atoms with Crippen LogP contribution in [0.1, 0.15) is 43.7 Å². The lowest BCUT2D eigenvalue weighted by atomic mass is 10.0. The van der Waals surface area contributed by atoms with Crippen LogP contribution < -0.4 is 44.7 Å². The Bertz CT molecular complexity index is 1190. The second-order valence-corrected chi connectivity index (χ2v) is 10.1. The minimum atomic E-state index is -0.795. The van der Waals surface area contributed by atoms with Crippen LogP contribution >= 0.6 is 11.8 Å². The predicted molar refractivity (Wildman–Crippen MR) is 150 cm³/mol. The number of phenols is 2. The van der Waals surface area contributed by atoms with Gasteiger partial charge in [-0.1, -0.05) is 38.0 Å². The Hall–Kier alpha value is -2.99. The normalized spacial score (nSPS) is 10.4. The fourth-order valence-corrected chi connectivity index (χ4v) is 4.71. The Kier molecular flexibility index (Phi) is 14.5. The average molecular weight is 665 g/mol. The van der Waals surface area contributed by atoms with Crippen LogP contribution in [0.15, 0.2) is 71.9 Å². The van der Waals surface area contributed by atoms with Gasteiger partial charge in [-0.15, -0.1) is 11.8 Å². The van der Waals surface area contributed by atoms with Crippen molar-refractivity contribution < 1.29 is 48.3 Å². The Labute approximate surface area is 251 Å². The molecule has 5 N–H and O–H groups in total. The van der Waals surface area contributed by atoms with Gasteiger partial charge in [-0.2, -0.15) is 0 Å². The van der Waals surface area contributed by atoms with Crippen LogP contribution in [0.5, 0.6) is 11.5 Å². The topological polar surface area (TPSA) is 115 Å². The molecule has 2 amide bonds. The van der Waals surface area contributed by atoms with E-state index in [1.165, 1.54) is 61.2 Å². The van der Waals surface area contributed by atoms with Crippen molar-refractivity contribution in [3.8, 4) is 11.5 Å². The third-order valence-electron chi connectivity index (χ3n) is 6.04. The number of benzene rings is 2. The maximum atomic E-state index is 12.2. The first kappa shape index (κ1) is 32.2. The fraction of sp³-hybridized carbons (Fsp3) is 0.345. The zero-order chi connectivity index (χ0) is 27.2. The van der Waals surface area contributed by atoms with E-state index in [-0.39, 0.29) is 42.0 Å². The molecule has 2 aromatic carbocycles. The summed E-state index contributed by atoms with van der Waals surface area (Å²) in [7, 11) is 0. The standard InChI is InChI=1S/C29H36N4O4S.HI/c1-2-3-4-7-17-33-18-14-22(15-19-33)10-11-23-8-5-6-9-25(23)31-32-29(37)28(36)30-16-20-38-27-21-24(34)12-13-26(27)35;/h5-6,8-9,12-15,18-19,21H,2-4,7,10-11,16-17,20H2,1H3,(H4-,30,31,32,34,35,36,37);1H. The molecule has 1 aromatic heterocycles. The number of halogens is 1. The van der Waals surface area contributed by atoms with Gasteiger partial charge >= 0.3 is 11.8 Å². The summed E-state index contributed by atoms with van der Waals surface area (Å²) in [6, 6.07) is 16.2. The number of nitrogens with one attached hydrogen (secondary N) is 3. The Balaban J connectivity index is 0.00000533. The number of anilines is 1. The van der Waals surface area contributed by atoms with E-state index >= 15 is 0 Å². The van der Waals surface area contributed by atoms with Gasteiger partial charge in [-0.25, -0.2) is 4.57 Å². The van der Waals surface area contributed by atoms with Crippen molar-refractivity contribution >= 4 is 29.3 Å². The molecular formula is C29H37IN4O4S. The Morgan fingerprint density at radius 1 is 0.923 bits per heavy atom. The number of rotatable bonds is 14. The number of phenolic OH excluding ortho intramolecular Hbond substituents is 2. The van der Waals surface area contributed by atoms with Gasteiger partial charge < -0.3 is 39.5 Å². The number of nitrogens with zero attached hydrogens (tertiary/aromatic N) is 1. The highest BCUT2D eigenvalue weighted by Crippen LogP contribution is 2.31. The van der Waals surface area contributed by atoms with Gasteiger partial charge in [-0.05, 0) is 54.7 Å². The first-order chi connectivity index (χ1) is 18.5. The summed E-state index contributed by atoms with van der Waals surface area (Å²) < 4.78 is 2.23. The monoisotopic (exact) mass is 664 g/mol. The van der Waals surface area contributed by atoms with Crippen molar-refractivity contribution in [1.29, 1.82) is 0 Å². The predicted octanol–water partition coefficient (Wildman–Crippen LogP) is 1.11. The number of thioether (sulfide) groups is 1. The lowest BCUT2D eigenvalue weighted by molar-refractivity contribution is -0.697. The maximum Gasteiger partial charge on any atom is 0.327 e. The van der Waals surface area contributed by atoms with Gasteiger partial charge in [0.05, 0.1) is 10.6 Å². The molecule has 0 radical (unpaired) electrons. The number of aryl methyl sites for hydroxylation is 3. The van der Waals surface area contributed by atoms with E-state index in [9.17, 15) is 19.8 Å². The summed E-state index contributed by atoms with van der Waals surface area (Å²) in [4.78, 5) is 24.9. The summed E-state index contributed by atoms with van der Waals surface area (Å²) in [6.45, 7) is 3.48.